The number of aliphatic imine (C=N–C) groups is 1. The van der Waals surface area contributed by atoms with E-state index in [-0.39, 0.29) is 5.75 Å². The number of fused-ring (bicyclic) bond motifs is 1. The number of aromatic hydroxyl groups is 1. The lowest BCUT2D eigenvalue weighted by Crippen LogP contribution is -1.95. The predicted molar refractivity (Wildman–Crippen MR) is 119 cm³/mol. The first-order valence-electron chi connectivity index (χ1n) is 8.76. The molecule has 0 unspecified atom stereocenters. The summed E-state index contributed by atoms with van der Waals surface area (Å²) in [5, 5.41) is 10.5. The van der Waals surface area contributed by atoms with Crippen molar-refractivity contribution in [3.63, 3.8) is 0 Å². The Morgan fingerprint density at radius 3 is 2.86 bits per heavy atom. The fourth-order valence-electron chi connectivity index (χ4n) is 2.75. The zero-order valence-corrected chi connectivity index (χ0v) is 18.4. The second-order valence-electron chi connectivity index (χ2n) is 6.02. The highest BCUT2D eigenvalue weighted by Crippen LogP contribution is 2.40. The average molecular weight is 517 g/mol. The molecule has 2 aromatic heterocycles. The van der Waals surface area contributed by atoms with Crippen LogP contribution in [0.4, 0.5) is 5.69 Å². The molecule has 0 atom stereocenters. The van der Waals surface area contributed by atoms with Crippen molar-refractivity contribution in [2.24, 2.45) is 4.99 Å². The van der Waals surface area contributed by atoms with E-state index in [2.05, 4.69) is 46.8 Å². The van der Waals surface area contributed by atoms with E-state index in [1.165, 1.54) is 0 Å². The molecule has 1 N–H and O–H groups in total. The number of rotatable bonds is 5. The number of pyridine rings is 1. The molecule has 8 heteroatoms. The van der Waals surface area contributed by atoms with Crippen LogP contribution in [0.2, 0.25) is 0 Å². The van der Waals surface area contributed by atoms with Gasteiger partial charge in [0.15, 0.2) is 11.5 Å². The summed E-state index contributed by atoms with van der Waals surface area (Å²) >= 11 is 6.94. The molecule has 2 heterocycles. The Labute approximate surface area is 183 Å². The maximum absolute atomic E-state index is 10.5. The molecule has 146 valence electrons. The van der Waals surface area contributed by atoms with Crippen LogP contribution in [-0.4, -0.2) is 27.9 Å². The number of ether oxygens (including phenoxy) is 1. The lowest BCUT2D eigenvalue weighted by Gasteiger charge is -2.11. The van der Waals surface area contributed by atoms with Gasteiger partial charge in [0.25, 0.3) is 0 Å². The molecule has 29 heavy (non-hydrogen) atoms. The minimum Gasteiger partial charge on any atom is -0.504 e. The Bertz CT molecular complexity index is 1190. The SMILES string of the molecule is CCOc1cc(Br)c(Br)c(C=Nc2cccc(-c3nc4cccnc4o3)c2)c1O. The Kier molecular flexibility index (Phi) is 5.64. The average Bonchev–Trinajstić information content (AvgIpc) is 3.17. The largest absolute Gasteiger partial charge is 0.504 e. The molecular formula is C21H15Br2N3O3. The van der Waals surface area contributed by atoms with Gasteiger partial charge in [0.1, 0.15) is 5.52 Å². The monoisotopic (exact) mass is 515 g/mol. The van der Waals surface area contributed by atoms with E-state index in [4.69, 9.17) is 9.15 Å². The minimum absolute atomic E-state index is 0.0202. The Morgan fingerprint density at radius 2 is 2.07 bits per heavy atom. The zero-order valence-electron chi connectivity index (χ0n) is 15.3. The molecule has 2 aromatic carbocycles. The van der Waals surface area contributed by atoms with Crippen molar-refractivity contribution in [2.45, 2.75) is 6.92 Å². The van der Waals surface area contributed by atoms with Crippen LogP contribution >= 0.6 is 31.9 Å². The molecule has 0 amide bonds. The van der Waals surface area contributed by atoms with Crippen LogP contribution in [0, 0.1) is 0 Å². The van der Waals surface area contributed by atoms with Crippen molar-refractivity contribution >= 4 is 55.0 Å². The molecule has 4 rings (SSSR count). The summed E-state index contributed by atoms with van der Waals surface area (Å²) in [5.41, 5.74) is 3.16. The maximum atomic E-state index is 10.5. The highest BCUT2D eigenvalue weighted by atomic mass is 79.9. The summed E-state index contributed by atoms with van der Waals surface area (Å²) in [4.78, 5) is 13.1. The highest BCUT2D eigenvalue weighted by molar-refractivity contribution is 9.13. The van der Waals surface area contributed by atoms with Gasteiger partial charge in [-0.15, -0.1) is 0 Å². The van der Waals surface area contributed by atoms with Gasteiger partial charge < -0.3 is 14.3 Å². The van der Waals surface area contributed by atoms with Gasteiger partial charge in [-0.1, -0.05) is 6.07 Å². The molecule has 0 bridgehead atoms. The zero-order chi connectivity index (χ0) is 20.4. The molecule has 0 saturated heterocycles. The Morgan fingerprint density at radius 1 is 1.21 bits per heavy atom. The molecule has 0 aliphatic rings. The number of nitrogens with zero attached hydrogens (tertiary/aromatic N) is 3. The molecule has 6 nitrogen and oxygen atoms in total. The van der Waals surface area contributed by atoms with Crippen LogP contribution in [0.1, 0.15) is 12.5 Å². The van der Waals surface area contributed by atoms with E-state index >= 15 is 0 Å². The van der Waals surface area contributed by atoms with Gasteiger partial charge in [-0.3, -0.25) is 4.99 Å². The van der Waals surface area contributed by atoms with Gasteiger partial charge >= 0.3 is 0 Å². The van der Waals surface area contributed by atoms with Crippen LogP contribution in [0.3, 0.4) is 0 Å². The van der Waals surface area contributed by atoms with Crippen LogP contribution in [0.5, 0.6) is 11.5 Å². The smallest absolute Gasteiger partial charge is 0.247 e. The summed E-state index contributed by atoms with van der Waals surface area (Å²) in [6.07, 6.45) is 3.25. The lowest BCUT2D eigenvalue weighted by atomic mass is 10.2. The number of benzene rings is 2. The summed E-state index contributed by atoms with van der Waals surface area (Å²) in [7, 11) is 0. The first-order valence-corrected chi connectivity index (χ1v) is 10.3. The van der Waals surface area contributed by atoms with Gasteiger partial charge in [0.2, 0.25) is 11.6 Å². The van der Waals surface area contributed by atoms with Crippen LogP contribution in [0.25, 0.3) is 22.7 Å². The molecule has 0 spiro atoms. The standard InChI is InChI=1S/C21H15Br2N3O3/c1-2-28-17-10-15(22)18(23)14(19(17)27)11-25-13-6-3-5-12(9-13)20-26-16-7-4-8-24-21(16)29-20/h3-11,27H,2H2,1H3. The van der Waals surface area contributed by atoms with Crippen molar-refractivity contribution in [3.8, 4) is 23.0 Å². The third-order valence-electron chi connectivity index (χ3n) is 4.09. The first kappa shape index (κ1) is 19.6. The van der Waals surface area contributed by atoms with Gasteiger partial charge in [-0.25, -0.2) is 9.97 Å². The van der Waals surface area contributed by atoms with Gasteiger partial charge in [0.05, 0.1) is 17.9 Å². The highest BCUT2D eigenvalue weighted by Gasteiger charge is 2.15. The van der Waals surface area contributed by atoms with Crippen LogP contribution in [-0.2, 0) is 0 Å². The molecule has 0 aliphatic carbocycles. The normalized spacial score (nSPS) is 11.4. The lowest BCUT2D eigenvalue weighted by molar-refractivity contribution is 0.317. The molecular weight excluding hydrogens is 502 g/mol. The second-order valence-corrected chi connectivity index (χ2v) is 7.67. The number of phenols is 1. The topological polar surface area (TPSA) is 80.7 Å². The summed E-state index contributed by atoms with van der Waals surface area (Å²) in [5.74, 6) is 0.879. The van der Waals surface area contributed by atoms with E-state index in [0.717, 1.165) is 10.0 Å². The van der Waals surface area contributed by atoms with Crippen LogP contribution < -0.4 is 4.74 Å². The van der Waals surface area contributed by atoms with Crippen molar-refractivity contribution < 1.29 is 14.3 Å². The summed E-state index contributed by atoms with van der Waals surface area (Å²) < 4.78 is 12.6. The van der Waals surface area contributed by atoms with Crippen LogP contribution in [0.15, 0.2) is 67.0 Å². The molecule has 0 radical (unpaired) electrons. The van der Waals surface area contributed by atoms with Crippen molar-refractivity contribution in [1.29, 1.82) is 0 Å². The number of aromatic nitrogens is 2. The minimum atomic E-state index is 0.0202. The summed E-state index contributed by atoms with van der Waals surface area (Å²) in [6.45, 7) is 2.30. The Balaban J connectivity index is 1.69. The van der Waals surface area contributed by atoms with E-state index in [0.29, 0.717) is 45.2 Å². The van der Waals surface area contributed by atoms with E-state index in [9.17, 15) is 5.11 Å². The van der Waals surface area contributed by atoms with Gasteiger partial charge in [-0.05, 0) is 75.2 Å². The predicted octanol–water partition coefficient (Wildman–Crippen LogP) is 6.27. The van der Waals surface area contributed by atoms with Gasteiger partial charge in [0, 0.05) is 26.9 Å². The molecule has 0 aliphatic heterocycles. The maximum Gasteiger partial charge on any atom is 0.247 e. The fourth-order valence-corrected chi connectivity index (χ4v) is 3.57. The van der Waals surface area contributed by atoms with E-state index in [1.807, 2.05) is 43.3 Å². The summed E-state index contributed by atoms with van der Waals surface area (Å²) in [6, 6.07) is 12.8. The van der Waals surface area contributed by atoms with E-state index < -0.39 is 0 Å². The first-order chi connectivity index (χ1) is 14.1. The molecule has 0 saturated carbocycles. The van der Waals surface area contributed by atoms with E-state index in [1.54, 1.807) is 18.5 Å². The number of hydrogen-bond acceptors (Lipinski definition) is 6. The Hall–Kier alpha value is -2.71. The number of oxazole rings is 1. The number of phenolic OH excluding ortho intramolecular Hbond substituents is 1. The number of hydrogen-bond donors (Lipinski definition) is 1. The van der Waals surface area contributed by atoms with Crippen molar-refractivity contribution in [2.75, 3.05) is 6.61 Å². The van der Waals surface area contributed by atoms with Crippen molar-refractivity contribution in [3.05, 3.63) is 63.2 Å². The fraction of sp³-hybridized carbons (Fsp3) is 0.0952. The number of halogens is 2. The molecule has 0 fully saturated rings. The second kappa shape index (κ2) is 8.34. The molecule has 4 aromatic rings. The van der Waals surface area contributed by atoms with Crippen molar-refractivity contribution in [1.82, 2.24) is 9.97 Å². The third kappa shape index (κ3) is 4.04. The van der Waals surface area contributed by atoms with Gasteiger partial charge in [-0.2, -0.15) is 0 Å². The third-order valence-corrected chi connectivity index (χ3v) is 6.11. The quantitative estimate of drug-likeness (QED) is 0.316.